The van der Waals surface area contributed by atoms with E-state index in [2.05, 4.69) is 14.9 Å². The largest absolute Gasteiger partial charge is 0.508 e. The molecule has 1 aromatic heterocycles. The molecule has 6 heteroatoms. The minimum atomic E-state index is -0.270. The van der Waals surface area contributed by atoms with E-state index in [4.69, 9.17) is 4.74 Å². The Morgan fingerprint density at radius 3 is 2.96 bits per heavy atom. The number of fused-ring (bicyclic) bond motifs is 1. The molecule has 2 N–H and O–H groups in total. The van der Waals surface area contributed by atoms with Crippen LogP contribution in [0.15, 0.2) is 48.8 Å². The van der Waals surface area contributed by atoms with Gasteiger partial charge in [-0.15, -0.1) is 0 Å². The van der Waals surface area contributed by atoms with Crippen LogP contribution in [0, 0.1) is 5.82 Å². The van der Waals surface area contributed by atoms with Gasteiger partial charge in [0.2, 0.25) is 0 Å². The summed E-state index contributed by atoms with van der Waals surface area (Å²) >= 11 is 0. The predicted octanol–water partition coefficient (Wildman–Crippen LogP) is 3.41. The van der Waals surface area contributed by atoms with Gasteiger partial charge in [-0.25, -0.2) is 9.37 Å². The second-order valence-corrected chi connectivity index (χ2v) is 6.54. The van der Waals surface area contributed by atoms with E-state index in [-0.39, 0.29) is 17.5 Å². The molecule has 26 heavy (non-hydrogen) atoms. The zero-order chi connectivity index (χ0) is 18.1. The van der Waals surface area contributed by atoms with Crippen molar-refractivity contribution in [3.8, 4) is 11.5 Å². The highest BCUT2D eigenvalue weighted by Crippen LogP contribution is 2.33. The number of hydrogen-bond acceptors (Lipinski definition) is 4. The molecule has 1 atom stereocenters. The summed E-state index contributed by atoms with van der Waals surface area (Å²) in [6, 6.07) is 12.2. The smallest absolute Gasteiger partial charge is 0.131 e. The summed E-state index contributed by atoms with van der Waals surface area (Å²) in [6.07, 6.45) is 1.69. The summed E-state index contributed by atoms with van der Waals surface area (Å²) in [7, 11) is 1.53. The Kier molecular flexibility index (Phi) is 4.34. The third-order valence-electron chi connectivity index (χ3n) is 4.83. The Morgan fingerprint density at radius 1 is 1.31 bits per heavy atom. The number of nitrogens with zero attached hydrogens (tertiary/aromatic N) is 2. The number of nitrogens with one attached hydrogen (secondary N) is 1. The molecule has 0 saturated carbocycles. The van der Waals surface area contributed by atoms with Crippen LogP contribution < -0.4 is 4.74 Å². The summed E-state index contributed by atoms with van der Waals surface area (Å²) < 4.78 is 19.4. The predicted molar refractivity (Wildman–Crippen MR) is 95.6 cm³/mol. The highest BCUT2D eigenvalue weighted by atomic mass is 19.1. The maximum absolute atomic E-state index is 14.3. The number of hydrogen-bond donors (Lipinski definition) is 2. The first-order chi connectivity index (χ1) is 12.6. The van der Waals surface area contributed by atoms with Crippen molar-refractivity contribution in [3.05, 3.63) is 77.1 Å². The zero-order valence-corrected chi connectivity index (χ0v) is 14.4. The van der Waals surface area contributed by atoms with Gasteiger partial charge in [0.15, 0.2) is 0 Å². The first-order valence-electron chi connectivity index (χ1n) is 8.50. The molecule has 134 valence electrons. The number of phenolic OH excluding ortho intramolecular Hbond substituents is 1. The van der Waals surface area contributed by atoms with Crippen molar-refractivity contribution in [1.82, 2.24) is 14.9 Å². The lowest BCUT2D eigenvalue weighted by molar-refractivity contribution is 0.224. The molecule has 0 radical (unpaired) electrons. The monoisotopic (exact) mass is 353 g/mol. The van der Waals surface area contributed by atoms with Crippen molar-refractivity contribution in [2.45, 2.75) is 19.0 Å². The van der Waals surface area contributed by atoms with E-state index < -0.39 is 0 Å². The first kappa shape index (κ1) is 16.6. The van der Waals surface area contributed by atoms with Gasteiger partial charge in [-0.05, 0) is 23.8 Å². The molecule has 0 bridgehead atoms. The Hall–Kier alpha value is -2.86. The number of halogens is 1. The third kappa shape index (κ3) is 3.15. The van der Waals surface area contributed by atoms with Gasteiger partial charge in [-0.3, -0.25) is 4.90 Å². The van der Waals surface area contributed by atoms with Crippen LogP contribution in [-0.4, -0.2) is 33.6 Å². The van der Waals surface area contributed by atoms with Crippen LogP contribution in [0.2, 0.25) is 0 Å². The number of rotatable bonds is 4. The van der Waals surface area contributed by atoms with E-state index >= 15 is 0 Å². The molecule has 1 aliphatic heterocycles. The number of benzene rings is 2. The molecule has 0 fully saturated rings. The topological polar surface area (TPSA) is 61.4 Å². The Morgan fingerprint density at radius 2 is 2.19 bits per heavy atom. The number of phenols is 1. The van der Waals surface area contributed by atoms with Crippen LogP contribution in [0.1, 0.15) is 28.4 Å². The average Bonchev–Trinajstić information content (AvgIpc) is 3.11. The Labute approximate surface area is 151 Å². The molecule has 1 unspecified atom stereocenters. The third-order valence-corrected chi connectivity index (χ3v) is 4.83. The molecular formula is C20H20FN3O2. The number of H-pyrrole nitrogens is 1. The normalized spacial score (nSPS) is 17.1. The van der Waals surface area contributed by atoms with Crippen molar-refractivity contribution in [2.75, 3.05) is 13.7 Å². The number of methoxy groups -OCH3 is 1. The van der Waals surface area contributed by atoms with E-state index in [1.165, 1.54) is 13.2 Å². The molecule has 4 rings (SSSR count). The van der Waals surface area contributed by atoms with Crippen LogP contribution in [0.25, 0.3) is 0 Å². The zero-order valence-electron chi connectivity index (χ0n) is 14.4. The quantitative estimate of drug-likeness (QED) is 0.755. The van der Waals surface area contributed by atoms with Gasteiger partial charge >= 0.3 is 0 Å². The minimum Gasteiger partial charge on any atom is -0.508 e. The molecule has 2 heterocycles. The Balaban J connectivity index is 1.61. The van der Waals surface area contributed by atoms with Crippen molar-refractivity contribution in [2.24, 2.45) is 0 Å². The van der Waals surface area contributed by atoms with E-state index in [1.54, 1.807) is 30.6 Å². The molecule has 0 spiro atoms. The average molecular weight is 353 g/mol. The lowest BCUT2D eigenvalue weighted by Gasteiger charge is -2.32. The van der Waals surface area contributed by atoms with Crippen LogP contribution >= 0.6 is 0 Å². The van der Waals surface area contributed by atoms with Crippen LogP contribution in [0.5, 0.6) is 11.5 Å². The fourth-order valence-electron chi connectivity index (χ4n) is 3.54. The number of aromatic amines is 1. The van der Waals surface area contributed by atoms with Gasteiger partial charge in [0.25, 0.3) is 0 Å². The second-order valence-electron chi connectivity index (χ2n) is 6.54. The summed E-state index contributed by atoms with van der Waals surface area (Å²) in [5.41, 5.74) is 3.64. The lowest BCUT2D eigenvalue weighted by atomic mass is 9.90. The number of imidazole rings is 1. The van der Waals surface area contributed by atoms with Crippen LogP contribution in [-0.2, 0) is 13.1 Å². The van der Waals surface area contributed by atoms with E-state index in [1.807, 2.05) is 12.1 Å². The number of aromatic nitrogens is 2. The Bertz CT molecular complexity index is 925. The molecule has 3 aromatic rings. The summed E-state index contributed by atoms with van der Waals surface area (Å²) in [5.74, 6) is 0.503. The molecule has 1 aliphatic rings. The SMILES string of the molecule is COc1ccc(CN2Cc3[nH]cnc3C(c3cccc(O)c3)C2)c(F)c1. The van der Waals surface area contributed by atoms with Gasteiger partial charge in [-0.2, -0.15) is 0 Å². The molecular weight excluding hydrogens is 333 g/mol. The highest BCUT2D eigenvalue weighted by molar-refractivity contribution is 5.37. The van der Waals surface area contributed by atoms with Crippen molar-refractivity contribution >= 4 is 0 Å². The van der Waals surface area contributed by atoms with Crippen LogP contribution in [0.3, 0.4) is 0 Å². The molecule has 0 aliphatic carbocycles. The van der Waals surface area contributed by atoms with Gasteiger partial charge in [0.1, 0.15) is 17.3 Å². The van der Waals surface area contributed by atoms with Gasteiger partial charge in [0, 0.05) is 37.2 Å². The van der Waals surface area contributed by atoms with Crippen molar-refractivity contribution in [1.29, 1.82) is 0 Å². The fraction of sp³-hybridized carbons (Fsp3) is 0.250. The van der Waals surface area contributed by atoms with Crippen LogP contribution in [0.4, 0.5) is 4.39 Å². The van der Waals surface area contributed by atoms with Gasteiger partial charge in [0.05, 0.1) is 24.8 Å². The van der Waals surface area contributed by atoms with E-state index in [0.29, 0.717) is 30.9 Å². The van der Waals surface area contributed by atoms with Gasteiger partial charge < -0.3 is 14.8 Å². The minimum absolute atomic E-state index is 0.0263. The van der Waals surface area contributed by atoms with E-state index in [9.17, 15) is 9.50 Å². The number of ether oxygens (including phenoxy) is 1. The maximum Gasteiger partial charge on any atom is 0.131 e. The standard InChI is InChI=1S/C20H20FN3O2/c1-26-16-6-5-14(18(21)8-16)9-24-10-17(13-3-2-4-15(25)7-13)20-19(11-24)22-12-23-20/h2-8,12,17,25H,9-11H2,1H3,(H,22,23). The fourth-order valence-corrected chi connectivity index (χ4v) is 3.54. The lowest BCUT2D eigenvalue weighted by Crippen LogP contribution is -2.34. The summed E-state index contributed by atoms with van der Waals surface area (Å²) in [6.45, 7) is 1.87. The second kappa shape index (κ2) is 6.80. The van der Waals surface area contributed by atoms with Crippen molar-refractivity contribution in [3.63, 3.8) is 0 Å². The van der Waals surface area contributed by atoms with Crippen molar-refractivity contribution < 1.29 is 14.2 Å². The molecule has 0 saturated heterocycles. The van der Waals surface area contributed by atoms with E-state index in [0.717, 1.165) is 17.0 Å². The molecule has 2 aromatic carbocycles. The molecule has 0 amide bonds. The molecule has 5 nitrogen and oxygen atoms in total. The number of aromatic hydroxyl groups is 1. The van der Waals surface area contributed by atoms with Gasteiger partial charge in [-0.1, -0.05) is 18.2 Å². The highest BCUT2D eigenvalue weighted by Gasteiger charge is 2.29. The first-order valence-corrected chi connectivity index (χ1v) is 8.50. The maximum atomic E-state index is 14.3. The summed E-state index contributed by atoms with van der Waals surface area (Å²) in [5, 5.41) is 9.83. The summed E-state index contributed by atoms with van der Waals surface area (Å²) in [4.78, 5) is 9.84.